The Morgan fingerprint density at radius 2 is 2.00 bits per heavy atom. The summed E-state index contributed by atoms with van der Waals surface area (Å²) in [5.74, 6) is 6.54. The zero-order valence-corrected chi connectivity index (χ0v) is 11.1. The first-order valence-electron chi connectivity index (χ1n) is 6.48. The average Bonchev–Trinajstić information content (AvgIpc) is 3.20. The summed E-state index contributed by atoms with van der Waals surface area (Å²) in [6, 6.07) is 8.25. The molecule has 0 saturated heterocycles. The van der Waals surface area contributed by atoms with Crippen LogP contribution in [0.1, 0.15) is 37.8 Å². The van der Waals surface area contributed by atoms with Crippen LogP contribution < -0.4 is 16.0 Å². The second kappa shape index (κ2) is 6.18. The fraction of sp³-hybridized carbons (Fsp3) is 0.571. The molecular weight excluding hydrogens is 228 g/mol. The van der Waals surface area contributed by atoms with Gasteiger partial charge < -0.3 is 9.47 Å². The molecule has 4 nitrogen and oxygen atoms in total. The Kier molecular flexibility index (Phi) is 4.58. The average molecular weight is 250 g/mol. The highest BCUT2D eigenvalue weighted by Crippen LogP contribution is 2.28. The second-order valence-electron chi connectivity index (χ2n) is 4.89. The first kappa shape index (κ1) is 13.3. The van der Waals surface area contributed by atoms with Crippen LogP contribution in [-0.2, 0) is 4.74 Å². The van der Waals surface area contributed by atoms with E-state index in [-0.39, 0.29) is 12.1 Å². The Balaban J connectivity index is 1.96. The molecule has 0 spiro atoms. The van der Waals surface area contributed by atoms with Crippen LogP contribution in [0.4, 0.5) is 0 Å². The molecule has 2 atom stereocenters. The maximum atomic E-state index is 5.72. The zero-order valence-electron chi connectivity index (χ0n) is 11.1. The minimum absolute atomic E-state index is 0.106. The molecule has 0 aromatic heterocycles. The molecule has 1 fully saturated rings. The lowest BCUT2D eigenvalue weighted by Gasteiger charge is -2.20. The molecule has 1 saturated carbocycles. The molecule has 1 aromatic rings. The van der Waals surface area contributed by atoms with Crippen LogP contribution in [0.15, 0.2) is 24.3 Å². The van der Waals surface area contributed by atoms with Crippen LogP contribution in [0.25, 0.3) is 0 Å². The van der Waals surface area contributed by atoms with Gasteiger partial charge in [-0.3, -0.25) is 11.3 Å². The molecular formula is C14H22N2O2. The van der Waals surface area contributed by atoms with E-state index in [1.54, 1.807) is 7.11 Å². The van der Waals surface area contributed by atoms with Crippen molar-refractivity contribution in [1.82, 2.24) is 5.43 Å². The van der Waals surface area contributed by atoms with Crippen LogP contribution >= 0.6 is 0 Å². The topological polar surface area (TPSA) is 56.5 Å². The van der Waals surface area contributed by atoms with Crippen LogP contribution in [0, 0.1) is 0 Å². The summed E-state index contributed by atoms with van der Waals surface area (Å²) in [5.41, 5.74) is 3.99. The number of nitrogens with one attached hydrogen (secondary N) is 1. The highest BCUT2D eigenvalue weighted by atomic mass is 16.5. The van der Waals surface area contributed by atoms with E-state index in [4.69, 9.17) is 15.3 Å². The van der Waals surface area contributed by atoms with Gasteiger partial charge in [-0.1, -0.05) is 12.1 Å². The van der Waals surface area contributed by atoms with E-state index in [0.29, 0.717) is 6.10 Å². The number of hydrogen-bond acceptors (Lipinski definition) is 4. The molecule has 1 aliphatic rings. The standard InChI is InChI=1S/C14H22N2O2/c1-10(17-2)9-14(16-15)11-3-5-12(6-4-11)18-13-7-8-13/h3-6,10,13-14,16H,7-9,15H2,1-2H3. The van der Waals surface area contributed by atoms with Crippen molar-refractivity contribution >= 4 is 0 Å². The van der Waals surface area contributed by atoms with E-state index in [1.807, 2.05) is 19.1 Å². The largest absolute Gasteiger partial charge is 0.490 e. The van der Waals surface area contributed by atoms with Crippen LogP contribution in [-0.4, -0.2) is 19.3 Å². The van der Waals surface area contributed by atoms with Crippen molar-refractivity contribution in [3.8, 4) is 5.75 Å². The van der Waals surface area contributed by atoms with E-state index in [1.165, 1.54) is 12.8 Å². The lowest BCUT2D eigenvalue weighted by atomic mass is 10.0. The first-order chi connectivity index (χ1) is 8.72. The molecule has 18 heavy (non-hydrogen) atoms. The van der Waals surface area contributed by atoms with Crippen molar-refractivity contribution in [2.75, 3.05) is 7.11 Å². The summed E-state index contributed by atoms with van der Waals surface area (Å²) in [4.78, 5) is 0. The van der Waals surface area contributed by atoms with Gasteiger partial charge in [0.25, 0.3) is 0 Å². The Hall–Kier alpha value is -1.10. The highest BCUT2D eigenvalue weighted by molar-refractivity contribution is 5.29. The number of benzene rings is 1. The molecule has 0 heterocycles. The van der Waals surface area contributed by atoms with Gasteiger partial charge in [-0.15, -0.1) is 0 Å². The number of rotatable bonds is 7. The van der Waals surface area contributed by atoms with Crippen molar-refractivity contribution in [3.05, 3.63) is 29.8 Å². The van der Waals surface area contributed by atoms with Crippen LogP contribution in [0.3, 0.4) is 0 Å². The molecule has 3 N–H and O–H groups in total. The Morgan fingerprint density at radius 3 is 2.50 bits per heavy atom. The minimum atomic E-state index is 0.106. The normalized spacial score (nSPS) is 18.4. The fourth-order valence-corrected chi connectivity index (χ4v) is 1.89. The van der Waals surface area contributed by atoms with E-state index >= 15 is 0 Å². The monoisotopic (exact) mass is 250 g/mol. The molecule has 0 amide bonds. The third-order valence-corrected chi connectivity index (χ3v) is 3.28. The predicted molar refractivity (Wildman–Crippen MR) is 71.2 cm³/mol. The summed E-state index contributed by atoms with van der Waals surface area (Å²) in [6.45, 7) is 2.04. The lowest BCUT2D eigenvalue weighted by Crippen LogP contribution is -2.30. The summed E-state index contributed by atoms with van der Waals surface area (Å²) in [6.07, 6.45) is 3.82. The summed E-state index contributed by atoms with van der Waals surface area (Å²) >= 11 is 0. The van der Waals surface area contributed by atoms with Gasteiger partial charge >= 0.3 is 0 Å². The summed E-state index contributed by atoms with van der Waals surface area (Å²) in [5, 5.41) is 0. The van der Waals surface area contributed by atoms with E-state index < -0.39 is 0 Å². The lowest BCUT2D eigenvalue weighted by molar-refractivity contribution is 0.100. The third kappa shape index (κ3) is 3.70. The van der Waals surface area contributed by atoms with Gasteiger partial charge in [0.05, 0.1) is 12.2 Å². The molecule has 0 bridgehead atoms. The van der Waals surface area contributed by atoms with Crippen molar-refractivity contribution in [2.45, 2.75) is 44.4 Å². The van der Waals surface area contributed by atoms with Gasteiger partial charge in [0, 0.05) is 13.2 Å². The van der Waals surface area contributed by atoms with Gasteiger partial charge in [0.1, 0.15) is 5.75 Å². The molecule has 1 aromatic carbocycles. The number of nitrogens with two attached hydrogens (primary N) is 1. The van der Waals surface area contributed by atoms with Gasteiger partial charge in [-0.2, -0.15) is 0 Å². The number of hydrazine groups is 1. The van der Waals surface area contributed by atoms with E-state index in [9.17, 15) is 0 Å². The second-order valence-corrected chi connectivity index (χ2v) is 4.89. The van der Waals surface area contributed by atoms with Crippen LogP contribution in [0.5, 0.6) is 5.75 Å². The smallest absolute Gasteiger partial charge is 0.119 e. The number of ether oxygens (including phenoxy) is 2. The third-order valence-electron chi connectivity index (χ3n) is 3.28. The Bertz CT molecular complexity index is 363. The van der Waals surface area contributed by atoms with Gasteiger partial charge in [-0.05, 0) is 43.9 Å². The molecule has 0 aliphatic heterocycles. The van der Waals surface area contributed by atoms with Crippen LogP contribution in [0.2, 0.25) is 0 Å². The quantitative estimate of drug-likeness (QED) is 0.575. The summed E-state index contributed by atoms with van der Waals surface area (Å²) < 4.78 is 11.0. The highest BCUT2D eigenvalue weighted by Gasteiger charge is 2.23. The molecule has 2 unspecified atom stereocenters. The molecule has 1 aliphatic carbocycles. The van der Waals surface area contributed by atoms with Gasteiger partial charge in [-0.25, -0.2) is 0 Å². The van der Waals surface area contributed by atoms with Gasteiger partial charge in [0.15, 0.2) is 0 Å². The van der Waals surface area contributed by atoms with Crippen molar-refractivity contribution in [1.29, 1.82) is 0 Å². The van der Waals surface area contributed by atoms with E-state index in [2.05, 4.69) is 17.6 Å². The van der Waals surface area contributed by atoms with E-state index in [0.717, 1.165) is 17.7 Å². The summed E-state index contributed by atoms with van der Waals surface area (Å²) in [7, 11) is 1.71. The first-order valence-corrected chi connectivity index (χ1v) is 6.48. The number of hydrogen-bond donors (Lipinski definition) is 2. The van der Waals surface area contributed by atoms with Gasteiger partial charge in [0.2, 0.25) is 0 Å². The maximum Gasteiger partial charge on any atom is 0.119 e. The molecule has 2 rings (SSSR count). The Morgan fingerprint density at radius 1 is 1.33 bits per heavy atom. The van der Waals surface area contributed by atoms with Crippen molar-refractivity contribution < 1.29 is 9.47 Å². The number of methoxy groups -OCH3 is 1. The molecule has 0 radical (unpaired) electrons. The maximum absolute atomic E-state index is 5.72. The minimum Gasteiger partial charge on any atom is -0.490 e. The van der Waals surface area contributed by atoms with Crippen molar-refractivity contribution in [2.24, 2.45) is 5.84 Å². The molecule has 100 valence electrons. The van der Waals surface area contributed by atoms with Crippen molar-refractivity contribution in [3.63, 3.8) is 0 Å². The predicted octanol–water partition coefficient (Wildman–Crippen LogP) is 2.16. The SMILES string of the molecule is COC(C)CC(NN)c1ccc(OC2CC2)cc1. The Labute approximate surface area is 108 Å². The fourth-order valence-electron chi connectivity index (χ4n) is 1.89. The molecule has 4 heteroatoms. The zero-order chi connectivity index (χ0) is 13.0.